The molecule has 0 bridgehead atoms. The van der Waals surface area contributed by atoms with Crippen molar-refractivity contribution in [1.82, 2.24) is 0 Å². The van der Waals surface area contributed by atoms with Crippen LogP contribution in [0.1, 0.15) is 39.5 Å². The summed E-state index contributed by atoms with van der Waals surface area (Å²) in [5.74, 6) is 5.56. The maximum absolute atomic E-state index is 11.7. The van der Waals surface area contributed by atoms with Crippen molar-refractivity contribution in [3.05, 3.63) is 23.8 Å². The average Bonchev–Trinajstić information content (AvgIpc) is 2.28. The van der Waals surface area contributed by atoms with Crippen LogP contribution in [0, 0.1) is 11.8 Å². The molecule has 0 saturated heterocycles. The molecule has 0 radical (unpaired) electrons. The first-order valence-corrected chi connectivity index (χ1v) is 5.66. The van der Waals surface area contributed by atoms with Gasteiger partial charge in [0.15, 0.2) is 5.60 Å². The molecule has 0 heterocycles. The maximum atomic E-state index is 11.7. The molecule has 1 aliphatic carbocycles. The molecule has 1 N–H and O–H groups in total. The van der Waals surface area contributed by atoms with E-state index in [2.05, 4.69) is 25.3 Å². The second-order valence-electron chi connectivity index (χ2n) is 4.09. The van der Waals surface area contributed by atoms with E-state index in [1.807, 2.05) is 0 Å². The first-order chi connectivity index (χ1) is 7.57. The Kier molecular flexibility index (Phi) is 4.09. The summed E-state index contributed by atoms with van der Waals surface area (Å²) in [5.41, 5.74) is -0.155. The van der Waals surface area contributed by atoms with E-state index in [1.54, 1.807) is 13.0 Å². The molecular weight excluding hydrogens is 200 g/mol. The molecule has 1 rings (SSSR count). The highest BCUT2D eigenvalue weighted by Gasteiger charge is 2.48. The van der Waals surface area contributed by atoms with Gasteiger partial charge in [-0.25, -0.2) is 0 Å². The Morgan fingerprint density at radius 1 is 1.56 bits per heavy atom. The van der Waals surface area contributed by atoms with Crippen LogP contribution in [0.3, 0.4) is 0 Å². The lowest BCUT2D eigenvalue weighted by atomic mass is 9.71. The number of carbonyl (C=O) groups excluding carboxylic acids is 1. The van der Waals surface area contributed by atoms with Gasteiger partial charge in [0.25, 0.3) is 0 Å². The van der Waals surface area contributed by atoms with Gasteiger partial charge in [0, 0.05) is 12.8 Å². The van der Waals surface area contributed by atoms with Crippen LogP contribution < -0.4 is 0 Å². The predicted molar refractivity (Wildman–Crippen MR) is 64.8 cm³/mol. The Morgan fingerprint density at radius 2 is 2.25 bits per heavy atom. The third kappa shape index (κ3) is 2.10. The molecule has 2 heteroatoms. The standard InChI is InChI=1S/C14H18O2/c1-4-6-7-8-9-12-11(3)14(16,10-5-2)13(12)15/h5,16H,2,4,6-7,10H2,1,3H3. The molecule has 0 saturated carbocycles. The molecule has 1 unspecified atom stereocenters. The zero-order valence-corrected chi connectivity index (χ0v) is 9.97. The van der Waals surface area contributed by atoms with E-state index in [0.717, 1.165) is 19.3 Å². The van der Waals surface area contributed by atoms with Crippen LogP contribution in [-0.4, -0.2) is 16.5 Å². The van der Waals surface area contributed by atoms with E-state index < -0.39 is 5.60 Å². The van der Waals surface area contributed by atoms with Gasteiger partial charge < -0.3 is 5.11 Å². The Hall–Kier alpha value is -1.33. The minimum absolute atomic E-state index is 0.256. The van der Waals surface area contributed by atoms with E-state index in [4.69, 9.17) is 0 Å². The molecule has 0 spiro atoms. The lowest BCUT2D eigenvalue weighted by Crippen LogP contribution is -2.49. The van der Waals surface area contributed by atoms with Gasteiger partial charge in [-0.3, -0.25) is 4.79 Å². The van der Waals surface area contributed by atoms with E-state index in [0.29, 0.717) is 11.1 Å². The zero-order chi connectivity index (χ0) is 12.2. The highest BCUT2D eigenvalue weighted by atomic mass is 16.3. The largest absolute Gasteiger partial charge is 0.377 e. The number of unbranched alkanes of at least 4 members (excludes halogenated alkanes) is 2. The fourth-order valence-electron chi connectivity index (χ4n) is 1.71. The molecule has 0 aromatic rings. The molecule has 0 aromatic carbocycles. The van der Waals surface area contributed by atoms with Crippen molar-refractivity contribution >= 4 is 5.78 Å². The van der Waals surface area contributed by atoms with Gasteiger partial charge in [0.1, 0.15) is 0 Å². The van der Waals surface area contributed by atoms with E-state index in [9.17, 15) is 9.90 Å². The van der Waals surface area contributed by atoms with Gasteiger partial charge in [-0.2, -0.15) is 0 Å². The Balaban J connectivity index is 2.76. The van der Waals surface area contributed by atoms with E-state index >= 15 is 0 Å². The molecule has 1 aliphatic rings. The van der Waals surface area contributed by atoms with Crippen molar-refractivity contribution in [2.24, 2.45) is 0 Å². The number of aliphatic hydroxyl groups is 1. The molecular formula is C14H18O2. The third-order valence-electron chi connectivity index (χ3n) is 2.91. The van der Waals surface area contributed by atoms with Crippen LogP contribution in [-0.2, 0) is 4.79 Å². The maximum Gasteiger partial charge on any atom is 0.207 e. The fraction of sp³-hybridized carbons (Fsp3) is 0.500. The Bertz CT molecular complexity index is 393. The summed E-state index contributed by atoms with van der Waals surface area (Å²) in [6.45, 7) is 7.40. The molecule has 0 aromatic heterocycles. The molecule has 0 amide bonds. The minimum Gasteiger partial charge on any atom is -0.377 e. The molecule has 1 atom stereocenters. The van der Waals surface area contributed by atoms with Crippen molar-refractivity contribution in [3.8, 4) is 11.8 Å². The highest BCUT2D eigenvalue weighted by Crippen LogP contribution is 2.37. The van der Waals surface area contributed by atoms with Crippen molar-refractivity contribution in [1.29, 1.82) is 0 Å². The van der Waals surface area contributed by atoms with Crippen LogP contribution in [0.2, 0.25) is 0 Å². The summed E-state index contributed by atoms with van der Waals surface area (Å²) in [7, 11) is 0. The summed E-state index contributed by atoms with van der Waals surface area (Å²) in [6.07, 6.45) is 4.78. The predicted octanol–water partition coefficient (Wildman–Crippen LogP) is 2.39. The van der Waals surface area contributed by atoms with Crippen molar-refractivity contribution < 1.29 is 9.90 Å². The Morgan fingerprint density at radius 3 is 2.75 bits per heavy atom. The van der Waals surface area contributed by atoms with Gasteiger partial charge in [-0.05, 0) is 18.9 Å². The average molecular weight is 218 g/mol. The minimum atomic E-state index is -1.32. The lowest BCUT2D eigenvalue weighted by Gasteiger charge is -2.35. The van der Waals surface area contributed by atoms with Crippen molar-refractivity contribution in [2.75, 3.05) is 0 Å². The Labute approximate surface area is 97.1 Å². The first-order valence-electron chi connectivity index (χ1n) is 5.66. The SMILES string of the molecule is C=CCC1(O)C(=O)C(C#CCCCC)=C1C. The van der Waals surface area contributed by atoms with E-state index in [-0.39, 0.29) is 12.2 Å². The second kappa shape index (κ2) is 5.14. The van der Waals surface area contributed by atoms with Crippen LogP contribution in [0.25, 0.3) is 0 Å². The number of Topliss-reactive ketones (excluding diaryl/α,β-unsaturated/α-hetero) is 1. The number of hydrogen-bond acceptors (Lipinski definition) is 2. The zero-order valence-electron chi connectivity index (χ0n) is 9.97. The molecule has 0 fully saturated rings. The molecule has 2 nitrogen and oxygen atoms in total. The number of hydrogen-bond donors (Lipinski definition) is 1. The van der Waals surface area contributed by atoms with Gasteiger partial charge >= 0.3 is 0 Å². The number of carbonyl (C=O) groups is 1. The summed E-state index contributed by atoms with van der Waals surface area (Å²) in [4.78, 5) is 11.7. The molecule has 16 heavy (non-hydrogen) atoms. The second-order valence-corrected chi connectivity index (χ2v) is 4.09. The summed E-state index contributed by atoms with van der Waals surface area (Å²) in [6, 6.07) is 0. The van der Waals surface area contributed by atoms with Crippen LogP contribution in [0.4, 0.5) is 0 Å². The normalized spacial score (nSPS) is 23.6. The van der Waals surface area contributed by atoms with Crippen LogP contribution in [0.15, 0.2) is 23.8 Å². The van der Waals surface area contributed by atoms with E-state index in [1.165, 1.54) is 0 Å². The third-order valence-corrected chi connectivity index (χ3v) is 2.91. The topological polar surface area (TPSA) is 37.3 Å². The molecule has 86 valence electrons. The number of rotatable bonds is 4. The van der Waals surface area contributed by atoms with Gasteiger partial charge in [-0.1, -0.05) is 31.3 Å². The lowest BCUT2D eigenvalue weighted by molar-refractivity contribution is -0.133. The monoisotopic (exact) mass is 218 g/mol. The summed E-state index contributed by atoms with van der Waals surface area (Å²) < 4.78 is 0. The van der Waals surface area contributed by atoms with Crippen LogP contribution >= 0.6 is 0 Å². The highest BCUT2D eigenvalue weighted by molar-refractivity contribution is 6.15. The molecule has 0 aliphatic heterocycles. The van der Waals surface area contributed by atoms with Gasteiger partial charge in [0.05, 0.1) is 5.57 Å². The number of ketones is 1. The van der Waals surface area contributed by atoms with Crippen molar-refractivity contribution in [3.63, 3.8) is 0 Å². The first kappa shape index (κ1) is 12.7. The quantitative estimate of drug-likeness (QED) is 0.447. The van der Waals surface area contributed by atoms with Gasteiger partial charge in [-0.15, -0.1) is 6.58 Å². The summed E-state index contributed by atoms with van der Waals surface area (Å²) >= 11 is 0. The smallest absolute Gasteiger partial charge is 0.207 e. The van der Waals surface area contributed by atoms with Crippen LogP contribution in [0.5, 0.6) is 0 Å². The fourth-order valence-corrected chi connectivity index (χ4v) is 1.71. The van der Waals surface area contributed by atoms with Gasteiger partial charge in [0.2, 0.25) is 5.78 Å². The van der Waals surface area contributed by atoms with Crippen molar-refractivity contribution in [2.45, 2.75) is 45.1 Å². The summed E-state index contributed by atoms with van der Waals surface area (Å²) in [5, 5.41) is 9.97.